The molecule has 1 atom stereocenters. The first-order chi connectivity index (χ1) is 9.17. The Morgan fingerprint density at radius 3 is 2.35 bits per heavy atom. The summed E-state index contributed by atoms with van der Waals surface area (Å²) in [6.45, 7) is 5.35. The molecule has 0 aliphatic rings. The molecule has 0 aromatic heterocycles. The Kier molecular flexibility index (Phi) is 5.61. The molecule has 0 aliphatic heterocycles. The van der Waals surface area contributed by atoms with E-state index in [4.69, 9.17) is 5.73 Å². The monoisotopic (exact) mass is 306 g/mol. The Morgan fingerprint density at radius 2 is 1.85 bits per heavy atom. The van der Waals surface area contributed by atoms with Crippen LogP contribution in [0.2, 0.25) is 0 Å². The fraction of sp³-hybridized carbons (Fsp3) is 0.538. The van der Waals surface area contributed by atoms with Crippen molar-refractivity contribution in [2.24, 2.45) is 11.7 Å². The summed E-state index contributed by atoms with van der Waals surface area (Å²) < 4.78 is 53.5. The molecule has 1 aromatic carbocycles. The lowest BCUT2D eigenvalue weighted by atomic mass is 10.1. The fourth-order valence-electron chi connectivity index (χ4n) is 1.88. The molecule has 1 rings (SSSR count). The predicted octanol–water partition coefficient (Wildman–Crippen LogP) is 1.92. The van der Waals surface area contributed by atoms with E-state index in [-0.39, 0.29) is 18.0 Å². The fourth-order valence-corrected chi connectivity index (χ4v) is 3.29. The van der Waals surface area contributed by atoms with E-state index in [1.807, 2.05) is 13.8 Å². The summed E-state index contributed by atoms with van der Waals surface area (Å²) in [5.74, 6) is -1.65. The maximum atomic E-state index is 13.7. The van der Waals surface area contributed by atoms with Gasteiger partial charge in [-0.3, -0.25) is 0 Å². The zero-order valence-corrected chi connectivity index (χ0v) is 12.6. The zero-order valence-electron chi connectivity index (χ0n) is 11.8. The average molecular weight is 306 g/mol. The van der Waals surface area contributed by atoms with Gasteiger partial charge in [0.25, 0.3) is 0 Å². The second kappa shape index (κ2) is 6.60. The number of nitrogens with one attached hydrogen (secondary N) is 1. The van der Waals surface area contributed by atoms with Gasteiger partial charge in [-0.1, -0.05) is 13.8 Å². The molecule has 1 unspecified atom stereocenters. The number of sulfonamides is 1. The average Bonchev–Trinajstić information content (AvgIpc) is 2.31. The van der Waals surface area contributed by atoms with Crippen LogP contribution in [0.1, 0.15) is 25.8 Å². The first kappa shape index (κ1) is 17.0. The number of benzene rings is 1. The van der Waals surface area contributed by atoms with Gasteiger partial charge in [0, 0.05) is 18.7 Å². The molecule has 0 radical (unpaired) electrons. The van der Waals surface area contributed by atoms with Gasteiger partial charge in [0.1, 0.15) is 16.5 Å². The van der Waals surface area contributed by atoms with Crippen LogP contribution in [0.4, 0.5) is 8.78 Å². The van der Waals surface area contributed by atoms with Gasteiger partial charge in [0.2, 0.25) is 10.0 Å². The van der Waals surface area contributed by atoms with E-state index < -0.39 is 32.6 Å². The van der Waals surface area contributed by atoms with Gasteiger partial charge >= 0.3 is 0 Å². The summed E-state index contributed by atoms with van der Waals surface area (Å²) in [4.78, 5) is -0.557. The van der Waals surface area contributed by atoms with E-state index in [1.165, 1.54) is 6.92 Å². The van der Waals surface area contributed by atoms with Crippen molar-refractivity contribution in [3.8, 4) is 0 Å². The Labute approximate surface area is 118 Å². The van der Waals surface area contributed by atoms with E-state index in [9.17, 15) is 17.2 Å². The minimum Gasteiger partial charge on any atom is -0.329 e. The minimum absolute atomic E-state index is 0.0694. The molecule has 114 valence electrons. The first-order valence-electron chi connectivity index (χ1n) is 6.35. The standard InChI is InChI=1S/C13H20F2N2O2S/c1-8(2)4-10(7-16)17-20(18,19)13-5-9(3)11(14)6-12(13)15/h5-6,8,10,17H,4,7,16H2,1-3H3. The summed E-state index contributed by atoms with van der Waals surface area (Å²) in [6, 6.07) is 1.07. The molecule has 0 bridgehead atoms. The van der Waals surface area contributed by atoms with Crippen molar-refractivity contribution in [3.05, 3.63) is 29.3 Å². The highest BCUT2D eigenvalue weighted by atomic mass is 32.2. The second-order valence-corrected chi connectivity index (χ2v) is 6.90. The molecular formula is C13H20F2N2O2S. The molecule has 0 saturated heterocycles. The largest absolute Gasteiger partial charge is 0.329 e. The van der Waals surface area contributed by atoms with Crippen LogP contribution in [-0.4, -0.2) is 21.0 Å². The lowest BCUT2D eigenvalue weighted by Gasteiger charge is -2.19. The SMILES string of the molecule is Cc1cc(S(=O)(=O)NC(CN)CC(C)C)c(F)cc1F. The van der Waals surface area contributed by atoms with Crippen LogP contribution in [0.3, 0.4) is 0 Å². The van der Waals surface area contributed by atoms with Gasteiger partial charge < -0.3 is 5.73 Å². The Bertz CT molecular complexity index is 574. The highest BCUT2D eigenvalue weighted by Gasteiger charge is 2.24. The Hall–Kier alpha value is -1.05. The van der Waals surface area contributed by atoms with Crippen molar-refractivity contribution >= 4 is 10.0 Å². The molecule has 0 amide bonds. The van der Waals surface area contributed by atoms with Crippen molar-refractivity contribution < 1.29 is 17.2 Å². The summed E-state index contributed by atoms with van der Waals surface area (Å²) >= 11 is 0. The maximum Gasteiger partial charge on any atom is 0.243 e. The van der Waals surface area contributed by atoms with Crippen LogP contribution in [-0.2, 0) is 10.0 Å². The highest BCUT2D eigenvalue weighted by molar-refractivity contribution is 7.89. The quantitative estimate of drug-likeness (QED) is 0.843. The molecule has 0 saturated carbocycles. The molecule has 20 heavy (non-hydrogen) atoms. The molecule has 0 spiro atoms. The van der Waals surface area contributed by atoms with Crippen molar-refractivity contribution in [2.75, 3.05) is 6.54 Å². The maximum absolute atomic E-state index is 13.7. The van der Waals surface area contributed by atoms with E-state index >= 15 is 0 Å². The summed E-state index contributed by atoms with van der Waals surface area (Å²) in [5.41, 5.74) is 5.59. The predicted molar refractivity (Wildman–Crippen MR) is 73.7 cm³/mol. The molecule has 0 heterocycles. The van der Waals surface area contributed by atoms with Crippen molar-refractivity contribution in [1.29, 1.82) is 0 Å². The minimum atomic E-state index is -4.06. The number of rotatable bonds is 6. The summed E-state index contributed by atoms with van der Waals surface area (Å²) in [7, 11) is -4.06. The van der Waals surface area contributed by atoms with Gasteiger partial charge in [-0.25, -0.2) is 21.9 Å². The van der Waals surface area contributed by atoms with Gasteiger partial charge in [-0.2, -0.15) is 0 Å². The third kappa shape index (κ3) is 4.22. The summed E-state index contributed by atoms with van der Waals surface area (Å²) in [5, 5.41) is 0. The van der Waals surface area contributed by atoms with E-state index in [1.54, 1.807) is 0 Å². The van der Waals surface area contributed by atoms with Crippen LogP contribution < -0.4 is 10.5 Å². The molecule has 0 aliphatic carbocycles. The third-order valence-corrected chi connectivity index (χ3v) is 4.40. The zero-order chi connectivity index (χ0) is 15.5. The molecular weight excluding hydrogens is 286 g/mol. The van der Waals surface area contributed by atoms with Crippen LogP contribution in [0.15, 0.2) is 17.0 Å². The van der Waals surface area contributed by atoms with Crippen molar-refractivity contribution in [2.45, 2.75) is 38.1 Å². The molecule has 1 aromatic rings. The van der Waals surface area contributed by atoms with E-state index in [2.05, 4.69) is 4.72 Å². The van der Waals surface area contributed by atoms with Gasteiger partial charge in [-0.15, -0.1) is 0 Å². The van der Waals surface area contributed by atoms with E-state index in [0.717, 1.165) is 6.07 Å². The number of hydrogen-bond donors (Lipinski definition) is 2. The van der Waals surface area contributed by atoms with Crippen LogP contribution in [0.5, 0.6) is 0 Å². The second-order valence-electron chi connectivity index (χ2n) is 5.22. The Morgan fingerprint density at radius 1 is 1.25 bits per heavy atom. The van der Waals surface area contributed by atoms with Crippen LogP contribution in [0.25, 0.3) is 0 Å². The Balaban J connectivity index is 3.08. The topological polar surface area (TPSA) is 72.2 Å². The van der Waals surface area contributed by atoms with Crippen LogP contribution in [0, 0.1) is 24.5 Å². The van der Waals surface area contributed by atoms with Gasteiger partial charge in [-0.05, 0) is 30.9 Å². The van der Waals surface area contributed by atoms with Gasteiger partial charge in [0.05, 0.1) is 0 Å². The molecule has 4 nitrogen and oxygen atoms in total. The van der Waals surface area contributed by atoms with Crippen molar-refractivity contribution in [1.82, 2.24) is 4.72 Å². The third-order valence-electron chi connectivity index (χ3n) is 2.86. The van der Waals surface area contributed by atoms with Crippen LogP contribution >= 0.6 is 0 Å². The lowest BCUT2D eigenvalue weighted by Crippen LogP contribution is -2.41. The number of hydrogen-bond acceptors (Lipinski definition) is 3. The van der Waals surface area contributed by atoms with Crippen molar-refractivity contribution in [3.63, 3.8) is 0 Å². The molecule has 3 N–H and O–H groups in total. The first-order valence-corrected chi connectivity index (χ1v) is 7.83. The normalized spacial score (nSPS) is 13.8. The summed E-state index contributed by atoms with van der Waals surface area (Å²) in [6.07, 6.45) is 0.539. The molecule has 7 heteroatoms. The smallest absolute Gasteiger partial charge is 0.243 e. The highest BCUT2D eigenvalue weighted by Crippen LogP contribution is 2.19. The number of halogens is 2. The lowest BCUT2D eigenvalue weighted by molar-refractivity contribution is 0.462. The van der Waals surface area contributed by atoms with Gasteiger partial charge in [0.15, 0.2) is 0 Å². The number of nitrogens with two attached hydrogens (primary N) is 1. The van der Waals surface area contributed by atoms with E-state index in [0.29, 0.717) is 12.5 Å². The molecule has 0 fully saturated rings. The number of aryl methyl sites for hydroxylation is 1.